The van der Waals surface area contributed by atoms with E-state index in [9.17, 15) is 9.90 Å². The third kappa shape index (κ3) is 2.92. The standard InChI is InChI=1S/C14H19BrN2O2/c1-14(13(19)16-2)6-7-17(9-14)8-10-4-3-5-11(15)12(10)18/h3-5,18H,6-9H2,1-2H3,(H,16,19). The van der Waals surface area contributed by atoms with Gasteiger partial charge in [-0.05, 0) is 41.9 Å². The predicted octanol–water partition coefficient (Wildman–Crippen LogP) is 2.11. The van der Waals surface area contributed by atoms with Crippen LogP contribution in [0.5, 0.6) is 5.75 Å². The quantitative estimate of drug-likeness (QED) is 0.894. The van der Waals surface area contributed by atoms with E-state index in [1.165, 1.54) is 0 Å². The Morgan fingerprint density at radius 1 is 1.58 bits per heavy atom. The number of carbonyl (C=O) groups is 1. The maximum atomic E-state index is 11.9. The van der Waals surface area contributed by atoms with Crippen molar-refractivity contribution in [2.45, 2.75) is 19.9 Å². The fourth-order valence-electron chi connectivity index (χ4n) is 2.61. The summed E-state index contributed by atoms with van der Waals surface area (Å²) in [6, 6.07) is 5.64. The molecule has 1 amide bonds. The number of nitrogens with zero attached hydrogens (tertiary/aromatic N) is 1. The van der Waals surface area contributed by atoms with E-state index in [0.29, 0.717) is 11.0 Å². The molecule has 0 aromatic heterocycles. The molecule has 19 heavy (non-hydrogen) atoms. The van der Waals surface area contributed by atoms with Crippen LogP contribution < -0.4 is 5.32 Å². The second kappa shape index (κ2) is 5.51. The van der Waals surface area contributed by atoms with Crippen molar-refractivity contribution in [3.63, 3.8) is 0 Å². The number of carbonyl (C=O) groups excluding carboxylic acids is 1. The average Bonchev–Trinajstić information content (AvgIpc) is 2.77. The molecule has 104 valence electrons. The topological polar surface area (TPSA) is 52.6 Å². The van der Waals surface area contributed by atoms with Crippen LogP contribution in [0, 0.1) is 5.41 Å². The number of likely N-dealkylation sites (tertiary alicyclic amines) is 1. The third-order valence-electron chi connectivity index (χ3n) is 3.79. The lowest BCUT2D eigenvalue weighted by Crippen LogP contribution is -2.39. The first-order valence-corrected chi connectivity index (χ1v) is 7.16. The van der Waals surface area contributed by atoms with Gasteiger partial charge >= 0.3 is 0 Å². The number of aromatic hydroxyl groups is 1. The number of rotatable bonds is 3. The number of phenols is 1. The molecule has 1 atom stereocenters. The lowest BCUT2D eigenvalue weighted by Gasteiger charge is -2.23. The van der Waals surface area contributed by atoms with E-state index in [0.717, 1.165) is 25.1 Å². The third-order valence-corrected chi connectivity index (χ3v) is 4.43. The summed E-state index contributed by atoms with van der Waals surface area (Å²) in [6.45, 7) is 4.25. The number of hydrogen-bond acceptors (Lipinski definition) is 3. The molecule has 0 aliphatic carbocycles. The van der Waals surface area contributed by atoms with Gasteiger partial charge in [-0.3, -0.25) is 9.69 Å². The van der Waals surface area contributed by atoms with E-state index in [2.05, 4.69) is 26.1 Å². The van der Waals surface area contributed by atoms with Gasteiger partial charge in [-0.25, -0.2) is 0 Å². The molecule has 2 N–H and O–H groups in total. The van der Waals surface area contributed by atoms with Crippen LogP contribution in [0.2, 0.25) is 0 Å². The number of amides is 1. The van der Waals surface area contributed by atoms with Crippen LogP contribution in [0.4, 0.5) is 0 Å². The number of phenolic OH excluding ortho intramolecular Hbond substituents is 1. The molecule has 1 aromatic rings. The minimum absolute atomic E-state index is 0.0912. The van der Waals surface area contributed by atoms with E-state index in [4.69, 9.17) is 0 Å². The monoisotopic (exact) mass is 326 g/mol. The summed E-state index contributed by atoms with van der Waals surface area (Å²) >= 11 is 3.32. The van der Waals surface area contributed by atoms with Crippen LogP contribution >= 0.6 is 15.9 Å². The Balaban J connectivity index is 2.06. The van der Waals surface area contributed by atoms with Crippen molar-refractivity contribution in [2.24, 2.45) is 5.41 Å². The van der Waals surface area contributed by atoms with Gasteiger partial charge in [0, 0.05) is 25.7 Å². The lowest BCUT2D eigenvalue weighted by molar-refractivity contribution is -0.129. The lowest BCUT2D eigenvalue weighted by atomic mass is 9.89. The van der Waals surface area contributed by atoms with E-state index in [1.54, 1.807) is 7.05 Å². The molecule has 1 aromatic carbocycles. The van der Waals surface area contributed by atoms with Gasteiger partial charge in [0.2, 0.25) is 5.91 Å². The zero-order chi connectivity index (χ0) is 14.0. The first-order chi connectivity index (χ1) is 8.96. The SMILES string of the molecule is CNC(=O)C1(C)CCN(Cc2cccc(Br)c2O)C1. The van der Waals surface area contributed by atoms with Crippen molar-refractivity contribution >= 4 is 21.8 Å². The molecular weight excluding hydrogens is 308 g/mol. The van der Waals surface area contributed by atoms with Gasteiger partial charge < -0.3 is 10.4 Å². The maximum absolute atomic E-state index is 11.9. The molecule has 1 aliphatic rings. The Labute approximate surface area is 121 Å². The molecule has 2 rings (SSSR count). The van der Waals surface area contributed by atoms with Crippen molar-refractivity contribution < 1.29 is 9.90 Å². The largest absolute Gasteiger partial charge is 0.506 e. The first-order valence-electron chi connectivity index (χ1n) is 6.37. The van der Waals surface area contributed by atoms with Crippen molar-refractivity contribution in [1.82, 2.24) is 10.2 Å². The molecule has 0 saturated carbocycles. The summed E-state index contributed by atoms with van der Waals surface area (Å²) in [5, 5.41) is 12.7. The molecule has 1 unspecified atom stereocenters. The van der Waals surface area contributed by atoms with Gasteiger partial charge in [-0.1, -0.05) is 12.1 Å². The summed E-state index contributed by atoms with van der Waals surface area (Å²) in [4.78, 5) is 14.1. The Kier molecular flexibility index (Phi) is 4.16. The molecule has 1 saturated heterocycles. The number of benzene rings is 1. The van der Waals surface area contributed by atoms with Crippen LogP contribution in [0.1, 0.15) is 18.9 Å². The zero-order valence-electron chi connectivity index (χ0n) is 11.2. The van der Waals surface area contributed by atoms with E-state index in [-0.39, 0.29) is 17.1 Å². The molecule has 1 aliphatic heterocycles. The Bertz CT molecular complexity index is 492. The number of halogens is 1. The summed E-state index contributed by atoms with van der Waals surface area (Å²) in [7, 11) is 1.68. The Hall–Kier alpha value is -1.07. The van der Waals surface area contributed by atoms with E-state index in [1.807, 2.05) is 25.1 Å². The molecule has 5 heteroatoms. The molecule has 0 radical (unpaired) electrons. The minimum atomic E-state index is -0.323. The van der Waals surface area contributed by atoms with E-state index < -0.39 is 0 Å². The summed E-state index contributed by atoms with van der Waals surface area (Å²) in [6.07, 6.45) is 0.849. The summed E-state index contributed by atoms with van der Waals surface area (Å²) in [5.41, 5.74) is 0.562. The summed E-state index contributed by atoms with van der Waals surface area (Å²) < 4.78 is 0.707. The second-order valence-electron chi connectivity index (χ2n) is 5.35. The fraction of sp³-hybridized carbons (Fsp3) is 0.500. The van der Waals surface area contributed by atoms with Gasteiger partial charge in [0.05, 0.1) is 9.89 Å². The highest BCUT2D eigenvalue weighted by atomic mass is 79.9. The molecular formula is C14H19BrN2O2. The molecule has 1 fully saturated rings. The Morgan fingerprint density at radius 2 is 2.32 bits per heavy atom. The van der Waals surface area contributed by atoms with Crippen LogP contribution in [-0.4, -0.2) is 36.1 Å². The number of hydrogen-bond donors (Lipinski definition) is 2. The first kappa shape index (κ1) is 14.3. The highest BCUT2D eigenvalue weighted by Crippen LogP contribution is 2.33. The van der Waals surface area contributed by atoms with Crippen molar-refractivity contribution in [3.05, 3.63) is 28.2 Å². The average molecular weight is 327 g/mol. The highest BCUT2D eigenvalue weighted by molar-refractivity contribution is 9.10. The van der Waals surface area contributed by atoms with Crippen LogP contribution in [0.15, 0.2) is 22.7 Å². The smallest absolute Gasteiger partial charge is 0.227 e. The van der Waals surface area contributed by atoms with Crippen LogP contribution in [0.25, 0.3) is 0 Å². The van der Waals surface area contributed by atoms with Crippen molar-refractivity contribution in [2.75, 3.05) is 20.1 Å². The maximum Gasteiger partial charge on any atom is 0.227 e. The highest BCUT2D eigenvalue weighted by Gasteiger charge is 2.39. The van der Waals surface area contributed by atoms with Gasteiger partial charge in [-0.2, -0.15) is 0 Å². The van der Waals surface area contributed by atoms with Gasteiger partial charge in [0.1, 0.15) is 5.75 Å². The number of nitrogens with one attached hydrogen (secondary N) is 1. The normalized spacial score (nSPS) is 23.5. The zero-order valence-corrected chi connectivity index (χ0v) is 12.8. The molecule has 0 spiro atoms. The van der Waals surface area contributed by atoms with Gasteiger partial charge in [-0.15, -0.1) is 0 Å². The summed E-state index contributed by atoms with van der Waals surface area (Å²) in [5.74, 6) is 0.379. The van der Waals surface area contributed by atoms with Crippen LogP contribution in [0.3, 0.4) is 0 Å². The van der Waals surface area contributed by atoms with E-state index >= 15 is 0 Å². The second-order valence-corrected chi connectivity index (χ2v) is 6.20. The van der Waals surface area contributed by atoms with Crippen molar-refractivity contribution in [1.29, 1.82) is 0 Å². The predicted molar refractivity (Wildman–Crippen MR) is 77.9 cm³/mol. The van der Waals surface area contributed by atoms with Gasteiger partial charge in [0.15, 0.2) is 0 Å². The fourth-order valence-corrected chi connectivity index (χ4v) is 3.01. The molecule has 1 heterocycles. The molecule has 0 bridgehead atoms. The number of para-hydroxylation sites is 1. The van der Waals surface area contributed by atoms with Gasteiger partial charge in [0.25, 0.3) is 0 Å². The van der Waals surface area contributed by atoms with Crippen LogP contribution in [-0.2, 0) is 11.3 Å². The minimum Gasteiger partial charge on any atom is -0.506 e. The Morgan fingerprint density at radius 3 is 3.00 bits per heavy atom. The van der Waals surface area contributed by atoms with Crippen molar-refractivity contribution in [3.8, 4) is 5.75 Å². The molecule has 4 nitrogen and oxygen atoms in total.